The van der Waals surface area contributed by atoms with Gasteiger partial charge in [-0.25, -0.2) is 0 Å². The third-order valence-corrected chi connectivity index (χ3v) is 4.97. The smallest absolute Gasteiger partial charge is 0.305 e. The van der Waals surface area contributed by atoms with Crippen molar-refractivity contribution in [3.63, 3.8) is 0 Å². The largest absolute Gasteiger partial charge is 0.489 e. The first-order valence-corrected chi connectivity index (χ1v) is 9.53. The van der Waals surface area contributed by atoms with Gasteiger partial charge in [-0.2, -0.15) is 5.10 Å². The maximum atomic E-state index is 11.6. The number of amides is 1. The van der Waals surface area contributed by atoms with E-state index >= 15 is 0 Å². The summed E-state index contributed by atoms with van der Waals surface area (Å²) in [6.07, 6.45) is 1.28. The van der Waals surface area contributed by atoms with E-state index in [4.69, 9.17) is 21.4 Å². The zero-order valence-electron chi connectivity index (χ0n) is 14.5. The number of hydrogen-bond acceptors (Lipinski definition) is 6. The number of hydrogen-bond donors (Lipinski definition) is 2. The first-order chi connectivity index (χ1) is 13.5. The Morgan fingerprint density at radius 2 is 2.07 bits per heavy atom. The van der Waals surface area contributed by atoms with E-state index in [1.165, 1.54) is 6.21 Å². The number of nitrogens with one attached hydrogen (secondary N) is 1. The topological polar surface area (TPSA) is 100 Å². The highest BCUT2D eigenvalue weighted by Crippen LogP contribution is 2.22. The predicted octanol–water partition coefficient (Wildman–Crippen LogP) is 3.32. The van der Waals surface area contributed by atoms with Gasteiger partial charge in [0.1, 0.15) is 17.6 Å². The lowest BCUT2D eigenvalue weighted by Crippen LogP contribution is -2.26. The van der Waals surface area contributed by atoms with Crippen molar-refractivity contribution in [2.75, 3.05) is 0 Å². The molecule has 0 saturated carbocycles. The van der Waals surface area contributed by atoms with Gasteiger partial charge in [0.2, 0.25) is 5.91 Å². The molecule has 2 aromatic rings. The highest BCUT2D eigenvalue weighted by molar-refractivity contribution is 8.15. The molecule has 1 aliphatic heterocycles. The van der Waals surface area contributed by atoms with Crippen LogP contribution in [0.2, 0.25) is 5.02 Å². The number of thioether (sulfide) groups is 1. The molecular weight excluding hydrogens is 402 g/mol. The molecule has 28 heavy (non-hydrogen) atoms. The molecule has 0 spiro atoms. The van der Waals surface area contributed by atoms with Crippen LogP contribution in [0.15, 0.2) is 58.7 Å². The van der Waals surface area contributed by atoms with Crippen LogP contribution in [0.4, 0.5) is 0 Å². The minimum atomic E-state index is -1.03. The molecule has 1 saturated heterocycles. The van der Waals surface area contributed by atoms with Crippen LogP contribution >= 0.6 is 23.4 Å². The van der Waals surface area contributed by atoms with Gasteiger partial charge in [-0.3, -0.25) is 9.59 Å². The van der Waals surface area contributed by atoms with Gasteiger partial charge in [0.15, 0.2) is 5.17 Å². The maximum absolute atomic E-state index is 11.6. The number of carboxylic acids is 1. The van der Waals surface area contributed by atoms with Gasteiger partial charge in [0, 0.05) is 5.02 Å². The molecule has 1 heterocycles. The van der Waals surface area contributed by atoms with E-state index in [-0.39, 0.29) is 17.5 Å². The molecule has 0 aromatic heterocycles. The van der Waals surface area contributed by atoms with Crippen LogP contribution < -0.4 is 10.1 Å². The van der Waals surface area contributed by atoms with Crippen LogP contribution in [-0.4, -0.2) is 33.6 Å². The van der Waals surface area contributed by atoms with Crippen LogP contribution in [0.5, 0.6) is 5.75 Å². The summed E-state index contributed by atoms with van der Waals surface area (Å²) in [6.45, 7) is 0.413. The molecule has 0 bridgehead atoms. The Morgan fingerprint density at radius 3 is 2.79 bits per heavy atom. The molecule has 3 rings (SSSR count). The van der Waals surface area contributed by atoms with Crippen LogP contribution in [0.3, 0.4) is 0 Å². The first kappa shape index (κ1) is 19.9. The van der Waals surface area contributed by atoms with Gasteiger partial charge in [-0.15, -0.1) is 5.10 Å². The van der Waals surface area contributed by atoms with E-state index in [9.17, 15) is 9.59 Å². The lowest BCUT2D eigenvalue weighted by molar-refractivity contribution is -0.138. The first-order valence-electron chi connectivity index (χ1n) is 8.27. The number of amidine groups is 1. The fourth-order valence-electron chi connectivity index (χ4n) is 2.34. The fourth-order valence-corrected chi connectivity index (χ4v) is 3.46. The fraction of sp³-hybridized carbons (Fsp3) is 0.158. The molecule has 0 radical (unpaired) electrons. The van der Waals surface area contributed by atoms with Crippen molar-refractivity contribution >= 4 is 46.6 Å². The average Bonchev–Trinajstić information content (AvgIpc) is 3.00. The second kappa shape index (κ2) is 9.38. The van der Waals surface area contributed by atoms with Crippen molar-refractivity contribution in [3.05, 3.63) is 64.7 Å². The Balaban J connectivity index is 1.52. The van der Waals surface area contributed by atoms with Crippen molar-refractivity contribution in [2.24, 2.45) is 10.2 Å². The highest BCUT2D eigenvalue weighted by Gasteiger charge is 2.32. The maximum Gasteiger partial charge on any atom is 0.305 e. The Labute approximate surface area is 170 Å². The molecule has 2 N–H and O–H groups in total. The molecule has 2 aromatic carbocycles. The Kier molecular flexibility index (Phi) is 6.67. The van der Waals surface area contributed by atoms with Crippen molar-refractivity contribution in [3.8, 4) is 5.75 Å². The number of benzene rings is 2. The summed E-state index contributed by atoms with van der Waals surface area (Å²) >= 11 is 7.01. The van der Waals surface area contributed by atoms with Gasteiger partial charge >= 0.3 is 5.97 Å². The predicted molar refractivity (Wildman–Crippen MR) is 109 cm³/mol. The number of halogens is 1. The number of carbonyl (C=O) groups excluding carboxylic acids is 1. The number of ether oxygens (including phenoxy) is 1. The standard InChI is InChI=1S/C19H16ClN3O4S/c20-14-3-1-2-13(8-14)11-27-15-6-4-12(5-7-15)10-21-23-19-22-18(26)16(28-19)9-17(24)25/h1-8,10,16H,9,11H2,(H,24,25)(H,22,23,26)/b21-10-/t16-/m1/s1. The van der Waals surface area contributed by atoms with Crippen LogP contribution in [0.1, 0.15) is 17.5 Å². The SMILES string of the molecule is O=C(O)C[C@H]1S/C(=N\N=C/c2ccc(OCc3cccc(Cl)c3)cc2)NC1=O. The number of nitrogens with zero attached hydrogens (tertiary/aromatic N) is 2. The van der Waals surface area contributed by atoms with Crippen LogP contribution in [0.25, 0.3) is 0 Å². The van der Waals surface area contributed by atoms with E-state index in [0.717, 1.165) is 22.9 Å². The van der Waals surface area contributed by atoms with Crippen LogP contribution in [0, 0.1) is 0 Å². The van der Waals surface area contributed by atoms with E-state index < -0.39 is 11.2 Å². The van der Waals surface area contributed by atoms with Gasteiger partial charge in [0.05, 0.1) is 12.6 Å². The number of carboxylic acid groups (broad SMARTS) is 1. The van der Waals surface area contributed by atoms with E-state index in [0.29, 0.717) is 17.4 Å². The van der Waals surface area contributed by atoms with Gasteiger partial charge in [-0.1, -0.05) is 35.5 Å². The Bertz CT molecular complexity index is 931. The Hall–Kier alpha value is -2.84. The van der Waals surface area contributed by atoms with Gasteiger partial charge < -0.3 is 15.2 Å². The second-order valence-electron chi connectivity index (χ2n) is 5.83. The summed E-state index contributed by atoms with van der Waals surface area (Å²) in [4.78, 5) is 22.3. The summed E-state index contributed by atoms with van der Waals surface area (Å²) < 4.78 is 5.71. The minimum absolute atomic E-state index is 0.254. The quantitative estimate of drug-likeness (QED) is 0.531. The molecule has 1 atom stereocenters. The number of rotatable bonds is 7. The molecule has 7 nitrogen and oxygen atoms in total. The summed E-state index contributed by atoms with van der Waals surface area (Å²) in [6, 6.07) is 14.7. The van der Waals surface area contributed by atoms with Crippen molar-refractivity contribution in [1.82, 2.24) is 5.32 Å². The van der Waals surface area contributed by atoms with Crippen molar-refractivity contribution in [1.29, 1.82) is 0 Å². The number of aliphatic carboxylic acids is 1. The van der Waals surface area contributed by atoms with Gasteiger partial charge in [0.25, 0.3) is 0 Å². The number of carbonyl (C=O) groups is 2. The molecular formula is C19H16ClN3O4S. The molecule has 1 aliphatic rings. The zero-order valence-corrected chi connectivity index (χ0v) is 16.1. The summed E-state index contributed by atoms with van der Waals surface area (Å²) in [7, 11) is 0. The minimum Gasteiger partial charge on any atom is -0.489 e. The van der Waals surface area contributed by atoms with E-state index in [2.05, 4.69) is 15.5 Å². The highest BCUT2D eigenvalue weighted by atomic mass is 35.5. The molecule has 0 aliphatic carbocycles. The molecule has 1 fully saturated rings. The molecule has 144 valence electrons. The van der Waals surface area contributed by atoms with E-state index in [1.54, 1.807) is 0 Å². The normalized spacial score (nSPS) is 17.8. The lowest BCUT2D eigenvalue weighted by Gasteiger charge is -2.06. The Morgan fingerprint density at radius 1 is 1.29 bits per heavy atom. The van der Waals surface area contributed by atoms with E-state index in [1.807, 2.05) is 48.5 Å². The summed E-state index contributed by atoms with van der Waals surface area (Å²) in [5, 5.41) is 19.4. The van der Waals surface area contributed by atoms with Crippen molar-refractivity contribution in [2.45, 2.75) is 18.3 Å². The lowest BCUT2D eigenvalue weighted by atomic mass is 10.2. The summed E-state index contributed by atoms with van der Waals surface area (Å²) in [5.74, 6) is -0.698. The monoisotopic (exact) mass is 417 g/mol. The molecule has 9 heteroatoms. The molecule has 0 unspecified atom stereocenters. The third-order valence-electron chi connectivity index (χ3n) is 3.67. The third kappa shape index (κ3) is 5.83. The second-order valence-corrected chi connectivity index (χ2v) is 7.46. The van der Waals surface area contributed by atoms with Crippen LogP contribution in [-0.2, 0) is 16.2 Å². The van der Waals surface area contributed by atoms with Crippen molar-refractivity contribution < 1.29 is 19.4 Å². The summed E-state index contributed by atoms with van der Waals surface area (Å²) in [5.41, 5.74) is 1.78. The van der Waals surface area contributed by atoms with Gasteiger partial charge in [-0.05, 0) is 47.5 Å². The zero-order chi connectivity index (χ0) is 19.9. The average molecular weight is 418 g/mol. The molecule has 1 amide bonds.